The SMILES string of the molecule is C1=C(c2cc(-n3c4ccccc4c4ccc5ccccc5c43)cc(-n3c4ccccc4c4ccc5ccccc5c43)c2)N=C(c2ccccc2)NC1c1ccc(-c2ccccc2)cc1. The molecular weight excluding hydrogens is 777 g/mol. The predicted molar refractivity (Wildman–Crippen MR) is 269 cm³/mol. The van der Waals surface area contributed by atoms with Crippen LogP contribution in [0.3, 0.4) is 0 Å². The molecule has 0 fully saturated rings. The second-order valence-corrected chi connectivity index (χ2v) is 16.8. The zero-order valence-corrected chi connectivity index (χ0v) is 34.9. The number of nitrogens with one attached hydrogen (secondary N) is 1. The zero-order valence-electron chi connectivity index (χ0n) is 34.9. The van der Waals surface area contributed by atoms with Gasteiger partial charge in [0.25, 0.3) is 0 Å². The molecule has 0 saturated heterocycles. The third kappa shape index (κ3) is 5.80. The highest BCUT2D eigenvalue weighted by atomic mass is 15.1. The van der Waals surface area contributed by atoms with E-state index in [0.717, 1.165) is 45.1 Å². The van der Waals surface area contributed by atoms with Gasteiger partial charge in [0.2, 0.25) is 0 Å². The molecule has 4 heteroatoms. The van der Waals surface area contributed by atoms with Gasteiger partial charge < -0.3 is 14.5 Å². The number of amidine groups is 1. The first-order valence-electron chi connectivity index (χ1n) is 22.0. The van der Waals surface area contributed by atoms with E-state index in [1.807, 2.05) is 0 Å². The first-order valence-corrected chi connectivity index (χ1v) is 22.0. The molecule has 300 valence electrons. The van der Waals surface area contributed by atoms with Crippen molar-refractivity contribution in [2.45, 2.75) is 6.04 Å². The van der Waals surface area contributed by atoms with Crippen LogP contribution in [0.5, 0.6) is 0 Å². The van der Waals surface area contributed by atoms with Crippen molar-refractivity contribution in [2.75, 3.05) is 0 Å². The van der Waals surface area contributed by atoms with Crippen molar-refractivity contribution in [3.05, 3.63) is 247 Å². The van der Waals surface area contributed by atoms with E-state index in [9.17, 15) is 0 Å². The molecular formula is C60H40N4. The van der Waals surface area contributed by atoms with Crippen molar-refractivity contribution in [1.29, 1.82) is 0 Å². The Bertz CT molecular complexity index is 3680. The van der Waals surface area contributed by atoms with Crippen molar-refractivity contribution in [3.63, 3.8) is 0 Å². The molecule has 10 aromatic carbocycles. The van der Waals surface area contributed by atoms with E-state index in [-0.39, 0.29) is 6.04 Å². The molecule has 1 N–H and O–H groups in total. The van der Waals surface area contributed by atoms with Crippen LogP contribution in [0.25, 0.3) is 93.4 Å². The van der Waals surface area contributed by atoms with Gasteiger partial charge in [0.05, 0.1) is 33.8 Å². The molecule has 12 aromatic rings. The van der Waals surface area contributed by atoms with Crippen molar-refractivity contribution in [2.24, 2.45) is 4.99 Å². The number of fused-ring (bicyclic) bond motifs is 10. The van der Waals surface area contributed by atoms with E-state index in [4.69, 9.17) is 4.99 Å². The first kappa shape index (κ1) is 36.2. The summed E-state index contributed by atoms with van der Waals surface area (Å²) in [6.07, 6.45) is 2.30. The Balaban J connectivity index is 1.11. The predicted octanol–water partition coefficient (Wildman–Crippen LogP) is 15.0. The highest BCUT2D eigenvalue weighted by Crippen LogP contribution is 2.41. The number of benzene rings is 10. The molecule has 0 amide bonds. The average molecular weight is 817 g/mol. The summed E-state index contributed by atoms with van der Waals surface area (Å²) >= 11 is 0. The summed E-state index contributed by atoms with van der Waals surface area (Å²) in [6.45, 7) is 0. The largest absolute Gasteiger partial charge is 0.359 e. The Hall–Kier alpha value is -8.47. The number of aromatic nitrogens is 2. The minimum Gasteiger partial charge on any atom is -0.359 e. The van der Waals surface area contributed by atoms with Crippen LogP contribution in [0.4, 0.5) is 0 Å². The number of nitrogens with zero attached hydrogens (tertiary/aromatic N) is 3. The van der Waals surface area contributed by atoms with E-state index in [0.29, 0.717) is 0 Å². The molecule has 1 unspecified atom stereocenters. The second-order valence-electron chi connectivity index (χ2n) is 16.8. The molecule has 2 aromatic heterocycles. The Morgan fingerprint density at radius 3 is 1.39 bits per heavy atom. The Morgan fingerprint density at radius 2 is 0.828 bits per heavy atom. The van der Waals surface area contributed by atoms with E-state index in [1.165, 1.54) is 70.8 Å². The smallest absolute Gasteiger partial charge is 0.134 e. The van der Waals surface area contributed by atoms with E-state index >= 15 is 0 Å². The quantitative estimate of drug-likeness (QED) is 0.178. The molecule has 4 nitrogen and oxygen atoms in total. The third-order valence-corrected chi connectivity index (χ3v) is 13.1. The van der Waals surface area contributed by atoms with Gasteiger partial charge in [-0.2, -0.15) is 0 Å². The lowest BCUT2D eigenvalue weighted by Gasteiger charge is -2.25. The van der Waals surface area contributed by atoms with Crippen LogP contribution in [-0.2, 0) is 0 Å². The summed E-state index contributed by atoms with van der Waals surface area (Å²) in [5, 5.41) is 13.6. The lowest BCUT2D eigenvalue weighted by molar-refractivity contribution is 0.781. The van der Waals surface area contributed by atoms with Gasteiger partial charge in [0.1, 0.15) is 5.84 Å². The highest BCUT2D eigenvalue weighted by Gasteiger charge is 2.24. The van der Waals surface area contributed by atoms with Crippen molar-refractivity contribution >= 4 is 76.7 Å². The van der Waals surface area contributed by atoms with E-state index in [2.05, 4.69) is 245 Å². The maximum atomic E-state index is 5.51. The van der Waals surface area contributed by atoms with Gasteiger partial charge in [-0.05, 0) is 63.9 Å². The summed E-state index contributed by atoms with van der Waals surface area (Å²) in [5.74, 6) is 0.841. The van der Waals surface area contributed by atoms with Gasteiger partial charge in [-0.15, -0.1) is 0 Å². The topological polar surface area (TPSA) is 34.2 Å². The maximum absolute atomic E-state index is 5.51. The van der Waals surface area contributed by atoms with Gasteiger partial charge in [0.15, 0.2) is 0 Å². The van der Waals surface area contributed by atoms with Crippen LogP contribution in [0.15, 0.2) is 236 Å². The van der Waals surface area contributed by atoms with Crippen LogP contribution in [0.2, 0.25) is 0 Å². The minimum atomic E-state index is -0.131. The van der Waals surface area contributed by atoms with Gasteiger partial charge in [-0.25, -0.2) is 4.99 Å². The standard InChI is InChI=1S/C60H40N4/c1-3-15-39(16-4-1)40-27-29-43(30-28-40)54-38-55(62-60(61-54)44-19-5-2-6-20-44)45-35-46(63-56-25-13-11-23-50(56)52-33-31-41-17-7-9-21-48(41)58(52)63)37-47(36-45)64-57-26-14-12-24-51(57)53-34-32-42-18-8-10-22-49(42)59(53)64/h1-38,54H,(H,61,62). The fourth-order valence-corrected chi connectivity index (χ4v) is 10.1. The number of rotatable bonds is 6. The monoisotopic (exact) mass is 816 g/mol. The van der Waals surface area contributed by atoms with E-state index < -0.39 is 0 Å². The molecule has 1 aliphatic rings. The zero-order chi connectivity index (χ0) is 42.1. The average Bonchev–Trinajstić information content (AvgIpc) is 3.90. The Labute approximate surface area is 370 Å². The van der Waals surface area contributed by atoms with Gasteiger partial charge in [-0.3, -0.25) is 0 Å². The van der Waals surface area contributed by atoms with Crippen molar-refractivity contribution < 1.29 is 0 Å². The summed E-state index contributed by atoms with van der Waals surface area (Å²) < 4.78 is 4.96. The molecule has 64 heavy (non-hydrogen) atoms. The number of para-hydroxylation sites is 2. The molecule has 0 spiro atoms. The fraction of sp³-hybridized carbons (Fsp3) is 0.0167. The first-order chi connectivity index (χ1) is 31.7. The highest BCUT2D eigenvalue weighted by molar-refractivity contribution is 6.20. The van der Waals surface area contributed by atoms with Gasteiger partial charge in [-0.1, -0.05) is 194 Å². The summed E-state index contributed by atoms with van der Waals surface area (Å²) in [4.78, 5) is 5.51. The molecule has 0 aliphatic carbocycles. The normalized spacial score (nSPS) is 14.1. The van der Waals surface area contributed by atoms with E-state index in [1.54, 1.807) is 0 Å². The minimum absolute atomic E-state index is 0.131. The lowest BCUT2D eigenvalue weighted by atomic mass is 9.97. The molecule has 0 saturated carbocycles. The molecule has 0 bridgehead atoms. The fourth-order valence-electron chi connectivity index (χ4n) is 10.1. The Morgan fingerprint density at radius 1 is 0.359 bits per heavy atom. The van der Waals surface area contributed by atoms with Gasteiger partial charge in [0, 0.05) is 54.8 Å². The van der Waals surface area contributed by atoms with Crippen LogP contribution in [0.1, 0.15) is 22.7 Å². The number of aliphatic imine (C=N–C) groups is 1. The van der Waals surface area contributed by atoms with Crippen molar-refractivity contribution in [3.8, 4) is 22.5 Å². The lowest BCUT2D eigenvalue weighted by Crippen LogP contribution is -2.31. The van der Waals surface area contributed by atoms with Gasteiger partial charge >= 0.3 is 0 Å². The summed E-state index contributed by atoms with van der Waals surface area (Å²) in [5.41, 5.74) is 13.4. The van der Waals surface area contributed by atoms with Crippen molar-refractivity contribution in [1.82, 2.24) is 14.5 Å². The number of hydrogen-bond donors (Lipinski definition) is 1. The molecule has 13 rings (SSSR count). The maximum Gasteiger partial charge on any atom is 0.134 e. The summed E-state index contributed by atoms with van der Waals surface area (Å²) in [7, 11) is 0. The van der Waals surface area contributed by atoms with Crippen LogP contribution in [0, 0.1) is 0 Å². The molecule has 1 aliphatic heterocycles. The molecule has 3 heterocycles. The third-order valence-electron chi connectivity index (χ3n) is 13.1. The summed E-state index contributed by atoms with van der Waals surface area (Å²) in [6, 6.07) is 81.2. The van der Waals surface area contributed by atoms with Crippen LogP contribution in [-0.4, -0.2) is 15.0 Å². The molecule has 1 atom stereocenters. The van der Waals surface area contributed by atoms with Crippen LogP contribution >= 0.6 is 0 Å². The second kappa shape index (κ2) is 14.6. The molecule has 0 radical (unpaired) electrons. The number of hydrogen-bond acceptors (Lipinski definition) is 2. The Kier molecular flexibility index (Phi) is 8.25. The van der Waals surface area contributed by atoms with Crippen LogP contribution < -0.4 is 5.32 Å².